The van der Waals surface area contributed by atoms with Crippen LogP contribution in [0.5, 0.6) is 0 Å². The van der Waals surface area contributed by atoms with Gasteiger partial charge in [0.25, 0.3) is 0 Å². The fourth-order valence-corrected chi connectivity index (χ4v) is 4.58. The van der Waals surface area contributed by atoms with Crippen LogP contribution in [0, 0.1) is 0 Å². The molecule has 0 atom stereocenters. The molecule has 5 heteroatoms. The number of hydrogen-bond donors (Lipinski definition) is 0. The first-order valence-corrected chi connectivity index (χ1v) is 9.44. The van der Waals surface area contributed by atoms with Gasteiger partial charge in [0.1, 0.15) is 12.1 Å². The van der Waals surface area contributed by atoms with Crippen LogP contribution in [-0.2, 0) is 0 Å². The summed E-state index contributed by atoms with van der Waals surface area (Å²) in [6.07, 6.45) is 7.13. The third-order valence-corrected chi connectivity index (χ3v) is 6.06. The number of rotatable bonds is 3. The molecule has 2 aliphatic heterocycles. The zero-order valence-corrected chi connectivity index (χ0v) is 13.4. The van der Waals surface area contributed by atoms with Gasteiger partial charge in [-0.05, 0) is 37.2 Å². The van der Waals surface area contributed by atoms with Crippen LogP contribution in [0.2, 0.25) is 0 Å². The zero-order valence-electron chi connectivity index (χ0n) is 12.6. The maximum Gasteiger partial charge on any atom is 0.132 e. The van der Waals surface area contributed by atoms with Gasteiger partial charge >= 0.3 is 0 Å². The fourth-order valence-electron chi connectivity index (χ4n) is 3.50. The Kier molecular flexibility index (Phi) is 4.03. The summed E-state index contributed by atoms with van der Waals surface area (Å²) in [7, 11) is 0. The lowest BCUT2D eigenvalue weighted by atomic mass is 10.1. The Bertz CT molecular complexity index is 477. The Morgan fingerprint density at radius 1 is 0.952 bits per heavy atom. The molecule has 1 aromatic heterocycles. The Labute approximate surface area is 131 Å². The number of thioether (sulfide) groups is 1. The van der Waals surface area contributed by atoms with Crippen molar-refractivity contribution >= 4 is 17.6 Å². The summed E-state index contributed by atoms with van der Waals surface area (Å²) in [6, 6.07) is 3.06. The Hall–Kier alpha value is -0.810. The third-order valence-electron chi connectivity index (χ3n) is 5.01. The highest BCUT2D eigenvalue weighted by atomic mass is 32.2. The first-order valence-electron chi connectivity index (χ1n) is 8.29. The van der Waals surface area contributed by atoms with Crippen LogP contribution >= 0.6 is 11.8 Å². The summed E-state index contributed by atoms with van der Waals surface area (Å²) >= 11 is 2.12. The van der Waals surface area contributed by atoms with Gasteiger partial charge in [-0.3, -0.25) is 4.90 Å². The topological polar surface area (TPSA) is 32.3 Å². The first kappa shape index (κ1) is 13.8. The van der Waals surface area contributed by atoms with E-state index in [1.807, 2.05) is 0 Å². The van der Waals surface area contributed by atoms with Crippen LogP contribution in [0.1, 0.15) is 37.3 Å². The average Bonchev–Trinajstić information content (AvgIpc) is 3.41. The lowest BCUT2D eigenvalue weighted by Crippen LogP contribution is -2.51. The van der Waals surface area contributed by atoms with E-state index in [-0.39, 0.29) is 0 Å². The van der Waals surface area contributed by atoms with E-state index in [0.717, 1.165) is 24.9 Å². The predicted octanol–water partition coefficient (Wildman–Crippen LogP) is 2.37. The van der Waals surface area contributed by atoms with Crippen molar-refractivity contribution in [1.29, 1.82) is 0 Å². The quantitative estimate of drug-likeness (QED) is 0.856. The number of piperazine rings is 1. The molecule has 3 fully saturated rings. The van der Waals surface area contributed by atoms with Crippen LogP contribution in [0.15, 0.2) is 12.4 Å². The molecule has 2 saturated heterocycles. The molecule has 0 N–H and O–H groups in total. The highest BCUT2D eigenvalue weighted by molar-refractivity contribution is 7.99. The summed E-state index contributed by atoms with van der Waals surface area (Å²) in [6.45, 7) is 4.62. The maximum atomic E-state index is 4.50. The van der Waals surface area contributed by atoms with Crippen molar-refractivity contribution in [2.24, 2.45) is 0 Å². The summed E-state index contributed by atoms with van der Waals surface area (Å²) < 4.78 is 0. The molecule has 21 heavy (non-hydrogen) atoms. The smallest absolute Gasteiger partial charge is 0.132 e. The molecule has 114 valence electrons. The van der Waals surface area contributed by atoms with E-state index < -0.39 is 0 Å². The van der Waals surface area contributed by atoms with Crippen molar-refractivity contribution in [3.05, 3.63) is 18.1 Å². The number of hydrogen-bond acceptors (Lipinski definition) is 5. The molecule has 1 saturated carbocycles. The second kappa shape index (κ2) is 6.13. The van der Waals surface area contributed by atoms with Crippen molar-refractivity contribution in [3.63, 3.8) is 0 Å². The highest BCUT2D eigenvalue weighted by Gasteiger charge is 2.28. The fraction of sp³-hybridized carbons (Fsp3) is 0.750. The Morgan fingerprint density at radius 2 is 1.71 bits per heavy atom. The van der Waals surface area contributed by atoms with Gasteiger partial charge in [-0.25, -0.2) is 9.97 Å². The summed E-state index contributed by atoms with van der Waals surface area (Å²) in [4.78, 5) is 14.1. The zero-order chi connectivity index (χ0) is 14.1. The van der Waals surface area contributed by atoms with E-state index in [9.17, 15) is 0 Å². The molecule has 3 aliphatic rings. The second-order valence-corrected chi connectivity index (χ2v) is 7.67. The van der Waals surface area contributed by atoms with E-state index in [4.69, 9.17) is 0 Å². The van der Waals surface area contributed by atoms with E-state index in [1.165, 1.54) is 56.0 Å². The molecule has 1 aromatic rings. The molecule has 3 heterocycles. The largest absolute Gasteiger partial charge is 0.354 e. The van der Waals surface area contributed by atoms with E-state index in [2.05, 4.69) is 37.6 Å². The van der Waals surface area contributed by atoms with E-state index >= 15 is 0 Å². The van der Waals surface area contributed by atoms with E-state index in [1.54, 1.807) is 6.33 Å². The average molecular weight is 304 g/mol. The van der Waals surface area contributed by atoms with Gasteiger partial charge in [0.05, 0.1) is 0 Å². The first-order chi connectivity index (χ1) is 10.4. The molecule has 0 amide bonds. The van der Waals surface area contributed by atoms with Crippen molar-refractivity contribution in [2.75, 3.05) is 42.6 Å². The minimum absolute atomic E-state index is 0.716. The maximum absolute atomic E-state index is 4.50. The van der Waals surface area contributed by atoms with Gasteiger partial charge < -0.3 is 4.90 Å². The predicted molar refractivity (Wildman–Crippen MR) is 88.1 cm³/mol. The molecule has 0 spiro atoms. The normalized spacial score (nSPS) is 25.2. The second-order valence-electron chi connectivity index (χ2n) is 6.44. The van der Waals surface area contributed by atoms with Crippen LogP contribution in [0.4, 0.5) is 5.82 Å². The SMILES string of the molecule is c1nc(C2CC2)cc(N2CCN(C3CCSCC3)CC2)n1. The van der Waals surface area contributed by atoms with Gasteiger partial charge in [-0.15, -0.1) is 0 Å². The lowest BCUT2D eigenvalue weighted by molar-refractivity contribution is 0.175. The van der Waals surface area contributed by atoms with Gasteiger partial charge in [-0.1, -0.05) is 0 Å². The molecule has 4 nitrogen and oxygen atoms in total. The van der Waals surface area contributed by atoms with Crippen molar-refractivity contribution in [1.82, 2.24) is 14.9 Å². The van der Waals surface area contributed by atoms with Gasteiger partial charge in [-0.2, -0.15) is 11.8 Å². The van der Waals surface area contributed by atoms with Crippen LogP contribution in [0.3, 0.4) is 0 Å². The van der Waals surface area contributed by atoms with Gasteiger partial charge in [0.15, 0.2) is 0 Å². The number of anilines is 1. The molecule has 0 bridgehead atoms. The van der Waals surface area contributed by atoms with Gasteiger partial charge in [0, 0.05) is 49.9 Å². The van der Waals surface area contributed by atoms with Gasteiger partial charge in [0.2, 0.25) is 0 Å². The third kappa shape index (κ3) is 3.19. The standard InChI is InChI=1S/C16H24N4S/c1-2-13(1)15-11-16(18-12-17-15)20-7-5-19(6-8-20)14-3-9-21-10-4-14/h11-14H,1-10H2. The van der Waals surface area contributed by atoms with Crippen LogP contribution < -0.4 is 4.90 Å². The molecular weight excluding hydrogens is 280 g/mol. The minimum Gasteiger partial charge on any atom is -0.354 e. The number of nitrogens with zero attached hydrogens (tertiary/aromatic N) is 4. The molecule has 1 aliphatic carbocycles. The van der Waals surface area contributed by atoms with Crippen molar-refractivity contribution in [2.45, 2.75) is 37.6 Å². The molecule has 0 radical (unpaired) electrons. The lowest BCUT2D eigenvalue weighted by Gasteiger charge is -2.41. The van der Waals surface area contributed by atoms with Crippen LogP contribution in [0.25, 0.3) is 0 Å². The Balaban J connectivity index is 1.37. The van der Waals surface area contributed by atoms with Crippen molar-refractivity contribution < 1.29 is 0 Å². The molecular formula is C16H24N4S. The molecule has 4 rings (SSSR count). The monoisotopic (exact) mass is 304 g/mol. The van der Waals surface area contributed by atoms with Crippen molar-refractivity contribution in [3.8, 4) is 0 Å². The minimum atomic E-state index is 0.716. The molecule has 0 unspecified atom stereocenters. The summed E-state index contributed by atoms with van der Waals surface area (Å²) in [5.74, 6) is 4.56. The Morgan fingerprint density at radius 3 is 2.43 bits per heavy atom. The number of aromatic nitrogens is 2. The molecule has 0 aromatic carbocycles. The summed E-state index contributed by atoms with van der Waals surface area (Å²) in [5, 5.41) is 0. The van der Waals surface area contributed by atoms with Crippen LogP contribution in [-0.4, -0.2) is 58.6 Å². The highest BCUT2D eigenvalue weighted by Crippen LogP contribution is 2.39. The van der Waals surface area contributed by atoms with E-state index in [0.29, 0.717) is 5.92 Å². The summed E-state index contributed by atoms with van der Waals surface area (Å²) in [5.41, 5.74) is 1.26.